The highest BCUT2D eigenvalue weighted by Gasteiger charge is 2.41. The smallest absolute Gasteiger partial charge is 0.224 e. The third-order valence-corrected chi connectivity index (χ3v) is 4.83. The highest BCUT2D eigenvalue weighted by Crippen LogP contribution is 2.43. The van der Waals surface area contributed by atoms with Crippen LogP contribution in [-0.2, 0) is 4.79 Å². The maximum atomic E-state index is 12.5. The van der Waals surface area contributed by atoms with Crippen LogP contribution in [0.25, 0.3) is 0 Å². The molecule has 2 N–H and O–H groups in total. The van der Waals surface area contributed by atoms with Crippen molar-refractivity contribution in [3.8, 4) is 0 Å². The highest BCUT2D eigenvalue weighted by atomic mass is 16.3. The Morgan fingerprint density at radius 1 is 1.38 bits per heavy atom. The second-order valence-corrected chi connectivity index (χ2v) is 7.01. The Morgan fingerprint density at radius 2 is 2.05 bits per heavy atom. The van der Waals surface area contributed by atoms with Crippen molar-refractivity contribution >= 4 is 5.91 Å². The zero-order chi connectivity index (χ0) is 15.5. The second-order valence-electron chi connectivity index (χ2n) is 7.01. The van der Waals surface area contributed by atoms with Crippen molar-refractivity contribution in [3.05, 3.63) is 35.9 Å². The largest absolute Gasteiger partial charge is 0.387 e. The average molecular weight is 289 g/mol. The van der Waals surface area contributed by atoms with E-state index in [4.69, 9.17) is 0 Å². The molecule has 2 unspecified atom stereocenters. The van der Waals surface area contributed by atoms with Gasteiger partial charge in [0.2, 0.25) is 5.91 Å². The predicted octanol–water partition coefficient (Wildman–Crippen LogP) is 3.30. The van der Waals surface area contributed by atoms with Crippen molar-refractivity contribution in [2.24, 2.45) is 17.3 Å². The lowest BCUT2D eigenvalue weighted by Crippen LogP contribution is -2.45. The minimum Gasteiger partial charge on any atom is -0.387 e. The fourth-order valence-electron chi connectivity index (χ4n) is 3.69. The molecule has 3 nitrogen and oxygen atoms in total. The van der Waals surface area contributed by atoms with Gasteiger partial charge >= 0.3 is 0 Å². The topological polar surface area (TPSA) is 49.3 Å². The molecule has 3 heteroatoms. The number of carbonyl (C=O) groups is 1. The molecule has 21 heavy (non-hydrogen) atoms. The van der Waals surface area contributed by atoms with Crippen LogP contribution in [0.1, 0.15) is 51.7 Å². The van der Waals surface area contributed by atoms with Gasteiger partial charge in [0.25, 0.3) is 0 Å². The normalized spacial score (nSPS) is 26.1. The second kappa shape index (κ2) is 6.61. The molecule has 0 heterocycles. The number of nitrogens with one attached hydrogen (secondary N) is 1. The van der Waals surface area contributed by atoms with Gasteiger partial charge in [-0.1, -0.05) is 57.5 Å². The van der Waals surface area contributed by atoms with E-state index in [9.17, 15) is 9.90 Å². The van der Waals surface area contributed by atoms with Crippen LogP contribution in [-0.4, -0.2) is 17.6 Å². The third-order valence-electron chi connectivity index (χ3n) is 4.83. The van der Waals surface area contributed by atoms with E-state index in [-0.39, 0.29) is 23.8 Å². The van der Waals surface area contributed by atoms with Crippen LogP contribution in [0.5, 0.6) is 0 Å². The van der Waals surface area contributed by atoms with Gasteiger partial charge in [0.05, 0.1) is 6.10 Å². The molecule has 1 aliphatic carbocycles. The lowest BCUT2D eigenvalue weighted by Gasteiger charge is -2.41. The Labute approximate surface area is 127 Å². The van der Waals surface area contributed by atoms with E-state index in [0.717, 1.165) is 18.4 Å². The van der Waals surface area contributed by atoms with Gasteiger partial charge in [-0.3, -0.25) is 4.79 Å². The number of benzene rings is 1. The maximum Gasteiger partial charge on any atom is 0.224 e. The van der Waals surface area contributed by atoms with E-state index >= 15 is 0 Å². The average Bonchev–Trinajstić information content (AvgIpc) is 2.44. The number of rotatable bonds is 4. The fourth-order valence-corrected chi connectivity index (χ4v) is 3.69. The van der Waals surface area contributed by atoms with Crippen LogP contribution in [0, 0.1) is 17.3 Å². The summed E-state index contributed by atoms with van der Waals surface area (Å²) in [4.78, 5) is 12.5. The third kappa shape index (κ3) is 3.85. The maximum absolute atomic E-state index is 12.5. The summed E-state index contributed by atoms with van der Waals surface area (Å²) in [7, 11) is 0. The molecule has 1 fully saturated rings. The lowest BCUT2D eigenvalue weighted by atomic mass is 9.64. The summed E-state index contributed by atoms with van der Waals surface area (Å²) in [6.45, 7) is 6.81. The number of hydrogen-bond acceptors (Lipinski definition) is 2. The summed E-state index contributed by atoms with van der Waals surface area (Å²) >= 11 is 0. The van der Waals surface area contributed by atoms with Crippen molar-refractivity contribution < 1.29 is 9.90 Å². The monoisotopic (exact) mass is 289 g/mol. The van der Waals surface area contributed by atoms with Crippen molar-refractivity contribution in [2.75, 3.05) is 6.54 Å². The van der Waals surface area contributed by atoms with E-state index in [1.54, 1.807) is 0 Å². The molecule has 0 aliphatic heterocycles. The first-order chi connectivity index (χ1) is 9.92. The zero-order valence-electron chi connectivity index (χ0n) is 13.3. The van der Waals surface area contributed by atoms with Crippen molar-refractivity contribution in [1.29, 1.82) is 0 Å². The van der Waals surface area contributed by atoms with Gasteiger partial charge < -0.3 is 10.4 Å². The Bertz CT molecular complexity index is 469. The molecule has 0 spiro atoms. The summed E-state index contributed by atoms with van der Waals surface area (Å²) in [5.41, 5.74) is 0.883. The van der Waals surface area contributed by atoms with Crippen molar-refractivity contribution in [2.45, 2.75) is 46.1 Å². The van der Waals surface area contributed by atoms with E-state index in [1.165, 1.54) is 6.42 Å². The van der Waals surface area contributed by atoms with E-state index in [2.05, 4.69) is 26.1 Å². The molecule has 0 aromatic heterocycles. The molecule has 0 saturated heterocycles. The molecule has 2 rings (SSSR count). The molecule has 1 aromatic rings. The lowest BCUT2D eigenvalue weighted by molar-refractivity contribution is -0.133. The van der Waals surface area contributed by atoms with Gasteiger partial charge in [-0.25, -0.2) is 0 Å². The number of carbonyl (C=O) groups excluding carboxylic acids is 1. The molecular weight excluding hydrogens is 262 g/mol. The molecule has 0 radical (unpaired) electrons. The Morgan fingerprint density at radius 3 is 2.67 bits per heavy atom. The molecule has 3 atom stereocenters. The van der Waals surface area contributed by atoms with Gasteiger partial charge in [-0.2, -0.15) is 0 Å². The first kappa shape index (κ1) is 16.0. The van der Waals surface area contributed by atoms with Gasteiger partial charge in [-0.05, 0) is 29.7 Å². The number of amides is 1. The molecule has 1 saturated carbocycles. The van der Waals surface area contributed by atoms with Crippen LogP contribution in [0.3, 0.4) is 0 Å². The van der Waals surface area contributed by atoms with Crippen LogP contribution in [0.15, 0.2) is 30.3 Å². The minimum absolute atomic E-state index is 0.0363. The standard InChI is InChI=1S/C18H27NO2/c1-13-8-7-11-18(2,3)16(13)17(21)19-12-15(20)14-9-5-4-6-10-14/h4-6,9-10,13,15-16,20H,7-8,11-12H2,1-3H3,(H,19,21)/t13-,15?,16?/m1/s1. The highest BCUT2D eigenvalue weighted by molar-refractivity contribution is 5.79. The summed E-state index contributed by atoms with van der Waals surface area (Å²) in [6, 6.07) is 9.47. The first-order valence-electron chi connectivity index (χ1n) is 7.92. The minimum atomic E-state index is -0.642. The molecular formula is C18H27NO2. The zero-order valence-corrected chi connectivity index (χ0v) is 13.3. The van der Waals surface area contributed by atoms with Crippen LogP contribution >= 0.6 is 0 Å². The summed E-state index contributed by atoms with van der Waals surface area (Å²) in [6.07, 6.45) is 2.77. The molecule has 116 valence electrons. The Balaban J connectivity index is 1.95. The van der Waals surface area contributed by atoms with Crippen LogP contribution < -0.4 is 5.32 Å². The molecule has 1 aromatic carbocycles. The molecule has 0 bridgehead atoms. The van der Waals surface area contributed by atoms with Crippen LogP contribution in [0.2, 0.25) is 0 Å². The first-order valence-corrected chi connectivity index (χ1v) is 7.92. The fraction of sp³-hybridized carbons (Fsp3) is 0.611. The summed E-state index contributed by atoms with van der Waals surface area (Å²) in [5, 5.41) is 13.1. The Kier molecular flexibility index (Phi) is 5.04. The van der Waals surface area contributed by atoms with Gasteiger partial charge in [0, 0.05) is 12.5 Å². The SMILES string of the molecule is C[C@@H]1CCCC(C)(C)C1C(=O)NCC(O)c1ccccc1. The van der Waals surface area contributed by atoms with Gasteiger partial charge in [0.1, 0.15) is 0 Å². The van der Waals surface area contributed by atoms with Crippen LogP contribution in [0.4, 0.5) is 0 Å². The number of aliphatic hydroxyl groups is 1. The quantitative estimate of drug-likeness (QED) is 0.893. The van der Waals surface area contributed by atoms with E-state index in [1.807, 2.05) is 30.3 Å². The van der Waals surface area contributed by atoms with Gasteiger partial charge in [-0.15, -0.1) is 0 Å². The van der Waals surface area contributed by atoms with Crippen molar-refractivity contribution in [3.63, 3.8) is 0 Å². The van der Waals surface area contributed by atoms with E-state index < -0.39 is 6.10 Å². The number of hydrogen-bond donors (Lipinski definition) is 2. The molecule has 1 amide bonds. The Hall–Kier alpha value is -1.35. The summed E-state index contributed by atoms with van der Waals surface area (Å²) < 4.78 is 0. The molecule has 1 aliphatic rings. The van der Waals surface area contributed by atoms with Crippen molar-refractivity contribution in [1.82, 2.24) is 5.32 Å². The summed E-state index contributed by atoms with van der Waals surface area (Å²) in [5.74, 6) is 0.527. The van der Waals surface area contributed by atoms with E-state index in [0.29, 0.717) is 5.92 Å². The predicted molar refractivity (Wildman–Crippen MR) is 84.7 cm³/mol. The van der Waals surface area contributed by atoms with Gasteiger partial charge in [0.15, 0.2) is 0 Å². The number of aliphatic hydroxyl groups excluding tert-OH is 1.